The minimum atomic E-state index is -0.480. The molecule has 4 aromatic rings. The van der Waals surface area contributed by atoms with Crippen LogP contribution in [0, 0.1) is 0 Å². The van der Waals surface area contributed by atoms with E-state index >= 15 is 0 Å². The van der Waals surface area contributed by atoms with Crippen molar-refractivity contribution in [3.8, 4) is 0 Å². The monoisotopic (exact) mass is 240 g/mol. The molecule has 2 aromatic heterocycles. The molecule has 0 N–H and O–H groups in total. The number of rotatable bonds is 0. The van der Waals surface area contributed by atoms with Gasteiger partial charge in [0.05, 0.1) is 10.8 Å². The number of hydrogen-bond donors (Lipinski definition) is 0. The Morgan fingerprint density at radius 2 is 1.00 bits per heavy atom. The predicted octanol–water partition coefficient (Wildman–Crippen LogP) is 2.46. The summed E-state index contributed by atoms with van der Waals surface area (Å²) in [6, 6.07) is 12.7. The van der Waals surface area contributed by atoms with Gasteiger partial charge in [-0.05, 0) is 36.4 Å². The highest BCUT2D eigenvalue weighted by molar-refractivity contribution is 5.69. The third-order valence-electron chi connectivity index (χ3n) is 2.61. The summed E-state index contributed by atoms with van der Waals surface area (Å²) in [6.07, 6.45) is 0. The van der Waals surface area contributed by atoms with E-state index < -0.39 is 11.3 Å². The molecule has 18 heavy (non-hydrogen) atoms. The molecule has 0 unspecified atom stereocenters. The van der Waals surface area contributed by atoms with Crippen LogP contribution in [0.2, 0.25) is 0 Å². The second kappa shape index (κ2) is 4.00. The summed E-state index contributed by atoms with van der Waals surface area (Å²) in [5.74, 6) is 0. The standard InChI is InChI=1S/C14H8O4/c15-13-9-5-7-10(8-6-9)14(16)18-12-4-2-1-3-11(12)17-13/h1-8H. The second-order valence-electron chi connectivity index (χ2n) is 3.80. The Bertz CT molecular complexity index is 778. The highest BCUT2D eigenvalue weighted by atomic mass is 16.4. The van der Waals surface area contributed by atoms with E-state index in [0.29, 0.717) is 10.8 Å². The van der Waals surface area contributed by atoms with E-state index in [0.717, 1.165) is 0 Å². The van der Waals surface area contributed by atoms with Gasteiger partial charge in [-0.3, -0.25) is 0 Å². The number of hydrogen-bond acceptors (Lipinski definition) is 4. The van der Waals surface area contributed by atoms with Crippen molar-refractivity contribution in [3.05, 3.63) is 69.4 Å². The van der Waals surface area contributed by atoms with Gasteiger partial charge in [-0.2, -0.15) is 0 Å². The van der Waals surface area contributed by atoms with Crippen molar-refractivity contribution in [2.45, 2.75) is 0 Å². The van der Waals surface area contributed by atoms with Gasteiger partial charge in [-0.1, -0.05) is 12.1 Å². The maximum atomic E-state index is 11.8. The molecule has 2 heterocycles. The minimum absolute atomic E-state index is 0.235. The smallest absolute Gasteiger partial charge is 0.343 e. The molecular formula is C14H8O4. The first-order chi connectivity index (χ1) is 8.74. The van der Waals surface area contributed by atoms with Crippen LogP contribution < -0.4 is 11.3 Å². The zero-order valence-electron chi connectivity index (χ0n) is 9.25. The van der Waals surface area contributed by atoms with E-state index in [4.69, 9.17) is 8.83 Å². The molecule has 0 amide bonds. The van der Waals surface area contributed by atoms with Crippen molar-refractivity contribution >= 4 is 21.9 Å². The highest BCUT2D eigenvalue weighted by Gasteiger charge is 1.99. The van der Waals surface area contributed by atoms with Crippen molar-refractivity contribution < 1.29 is 8.83 Å². The van der Waals surface area contributed by atoms with Gasteiger partial charge in [0, 0.05) is 0 Å². The molecule has 2 bridgehead atoms. The summed E-state index contributed by atoms with van der Waals surface area (Å²) in [5.41, 5.74) is -0.490. The third kappa shape index (κ3) is 1.73. The van der Waals surface area contributed by atoms with Crippen molar-refractivity contribution in [1.82, 2.24) is 0 Å². The van der Waals surface area contributed by atoms with Gasteiger partial charge in [0.15, 0.2) is 11.2 Å². The fraction of sp³-hybridized carbons (Fsp3) is 0. The summed E-state index contributed by atoms with van der Waals surface area (Å²) in [4.78, 5) is 23.6. The topological polar surface area (TPSA) is 60.4 Å². The lowest BCUT2D eigenvalue weighted by molar-refractivity contribution is 0.533. The average molecular weight is 240 g/mol. The lowest BCUT2D eigenvalue weighted by Gasteiger charge is -1.92. The molecule has 0 spiro atoms. The maximum Gasteiger partial charge on any atom is 0.343 e. The molecule has 0 aliphatic carbocycles. The van der Waals surface area contributed by atoms with Gasteiger partial charge in [-0.25, -0.2) is 9.59 Å². The number of benzene rings is 2. The summed E-state index contributed by atoms with van der Waals surface area (Å²) in [6.45, 7) is 0. The Balaban J connectivity index is 2.66. The van der Waals surface area contributed by atoms with Crippen LogP contribution in [-0.2, 0) is 0 Å². The molecule has 0 saturated carbocycles. The van der Waals surface area contributed by atoms with Gasteiger partial charge in [-0.15, -0.1) is 0 Å². The molecule has 0 aliphatic heterocycles. The van der Waals surface area contributed by atoms with Crippen molar-refractivity contribution in [1.29, 1.82) is 0 Å². The Morgan fingerprint density at radius 1 is 0.611 bits per heavy atom. The van der Waals surface area contributed by atoms with E-state index in [9.17, 15) is 9.59 Å². The highest BCUT2D eigenvalue weighted by Crippen LogP contribution is 2.09. The lowest BCUT2D eigenvalue weighted by Crippen LogP contribution is -2.00. The van der Waals surface area contributed by atoms with Crippen molar-refractivity contribution in [3.63, 3.8) is 0 Å². The van der Waals surface area contributed by atoms with Gasteiger partial charge >= 0.3 is 11.3 Å². The minimum Gasteiger partial charge on any atom is -0.419 e. The quantitative estimate of drug-likeness (QED) is 0.605. The number of para-hydroxylation sites is 2. The number of fused-ring (bicyclic) bond motifs is 4. The van der Waals surface area contributed by atoms with Gasteiger partial charge in [0.25, 0.3) is 0 Å². The largest absolute Gasteiger partial charge is 0.419 e. The molecule has 0 saturated heterocycles. The Hall–Kier alpha value is -2.62. The fourth-order valence-electron chi connectivity index (χ4n) is 1.68. The SMILES string of the molecule is O=c1oc2ccccc2oc(=O)c2ccc1cc2. The van der Waals surface area contributed by atoms with E-state index in [2.05, 4.69) is 0 Å². The van der Waals surface area contributed by atoms with E-state index in [1.54, 1.807) is 24.3 Å². The lowest BCUT2D eigenvalue weighted by atomic mass is 10.2. The van der Waals surface area contributed by atoms with Crippen LogP contribution >= 0.6 is 0 Å². The molecule has 0 atom stereocenters. The van der Waals surface area contributed by atoms with Crippen molar-refractivity contribution in [2.24, 2.45) is 0 Å². The molecular weight excluding hydrogens is 232 g/mol. The van der Waals surface area contributed by atoms with Crippen LogP contribution in [-0.4, -0.2) is 0 Å². The van der Waals surface area contributed by atoms with E-state index in [1.807, 2.05) is 0 Å². The van der Waals surface area contributed by atoms with Crippen LogP contribution in [0.3, 0.4) is 0 Å². The molecule has 88 valence electrons. The summed E-state index contributed by atoms with van der Waals surface area (Å²) >= 11 is 0. The molecule has 4 rings (SSSR count). The van der Waals surface area contributed by atoms with Crippen LogP contribution in [0.1, 0.15) is 0 Å². The predicted molar refractivity (Wildman–Crippen MR) is 67.3 cm³/mol. The Morgan fingerprint density at radius 3 is 1.39 bits per heavy atom. The summed E-state index contributed by atoms with van der Waals surface area (Å²) in [7, 11) is 0. The van der Waals surface area contributed by atoms with Crippen LogP contribution in [0.4, 0.5) is 0 Å². The second-order valence-corrected chi connectivity index (χ2v) is 3.80. The molecule has 0 aliphatic rings. The molecule has 0 radical (unpaired) electrons. The first-order valence-corrected chi connectivity index (χ1v) is 5.37. The summed E-state index contributed by atoms with van der Waals surface area (Å²) < 4.78 is 10.4. The molecule has 4 heteroatoms. The molecule has 4 nitrogen and oxygen atoms in total. The Kier molecular flexibility index (Phi) is 2.34. The van der Waals surface area contributed by atoms with Gasteiger partial charge in [0.1, 0.15) is 0 Å². The first-order valence-electron chi connectivity index (χ1n) is 5.37. The van der Waals surface area contributed by atoms with Crippen LogP contribution in [0.5, 0.6) is 0 Å². The third-order valence-corrected chi connectivity index (χ3v) is 2.61. The van der Waals surface area contributed by atoms with E-state index in [1.165, 1.54) is 24.3 Å². The van der Waals surface area contributed by atoms with Crippen molar-refractivity contribution in [2.75, 3.05) is 0 Å². The van der Waals surface area contributed by atoms with Crippen LogP contribution in [0.25, 0.3) is 21.9 Å². The first kappa shape index (κ1) is 10.5. The van der Waals surface area contributed by atoms with Gasteiger partial charge in [0.2, 0.25) is 0 Å². The summed E-state index contributed by atoms with van der Waals surface area (Å²) in [5, 5.41) is 0.784. The molecule has 0 fully saturated rings. The zero-order chi connectivity index (χ0) is 12.5. The van der Waals surface area contributed by atoms with Crippen LogP contribution in [0.15, 0.2) is 67.0 Å². The maximum absolute atomic E-state index is 11.8. The average Bonchev–Trinajstić information content (AvgIpc) is 2.40. The normalized spacial score (nSPS) is 10.7. The van der Waals surface area contributed by atoms with E-state index in [-0.39, 0.29) is 11.2 Å². The van der Waals surface area contributed by atoms with Gasteiger partial charge < -0.3 is 8.83 Å². The fourth-order valence-corrected chi connectivity index (χ4v) is 1.68. The zero-order valence-corrected chi connectivity index (χ0v) is 9.25. The Labute approximate surface area is 101 Å². The molecule has 2 aromatic carbocycles.